The lowest BCUT2D eigenvalue weighted by molar-refractivity contribution is 0.601. The molecule has 0 amide bonds. The van der Waals surface area contributed by atoms with Crippen LogP contribution in [0.25, 0.3) is 0 Å². The lowest BCUT2D eigenvalue weighted by Gasteiger charge is -1.99. The summed E-state index contributed by atoms with van der Waals surface area (Å²) in [5.41, 5.74) is 0. The topological polar surface area (TPSA) is 34.1 Å². The van der Waals surface area contributed by atoms with Crippen LogP contribution in [0.4, 0.5) is 0 Å². The number of halogens is 1. The number of rotatable bonds is 2. The monoisotopic (exact) mass is 266 g/mol. The van der Waals surface area contributed by atoms with Gasteiger partial charge in [0.15, 0.2) is 9.84 Å². The smallest absolute Gasteiger partial charge is 0.187 e. The fourth-order valence-electron chi connectivity index (χ4n) is 0.716. The lowest BCUT2D eigenvalue weighted by atomic mass is 10.4. The van der Waals surface area contributed by atoms with Crippen LogP contribution in [0, 0.1) is 0 Å². The van der Waals surface area contributed by atoms with Gasteiger partial charge in [0.2, 0.25) is 0 Å². The predicted octanol–water partition coefficient (Wildman–Crippen LogP) is 2.11. The Morgan fingerprint density at radius 1 is 1.25 bits per heavy atom. The van der Waals surface area contributed by atoms with Gasteiger partial charge in [-0.05, 0) is 24.3 Å². The van der Waals surface area contributed by atoms with Gasteiger partial charge in [0.1, 0.15) is 0 Å². The summed E-state index contributed by atoms with van der Waals surface area (Å²) in [6, 6.07) is 6.48. The maximum absolute atomic E-state index is 11.2. The molecule has 0 saturated carbocycles. The highest BCUT2D eigenvalue weighted by Crippen LogP contribution is 2.16. The van der Waals surface area contributed by atoms with Crippen molar-refractivity contribution in [3.05, 3.63) is 28.7 Å². The van der Waals surface area contributed by atoms with Crippen LogP contribution in [0.1, 0.15) is 0 Å². The zero-order chi connectivity index (χ0) is 9.19. The van der Waals surface area contributed by atoms with Crippen LogP contribution in [0.15, 0.2) is 33.6 Å². The van der Waals surface area contributed by atoms with Gasteiger partial charge in [-0.25, -0.2) is 8.42 Å². The van der Waals surface area contributed by atoms with Gasteiger partial charge in [0.05, 0.1) is 9.98 Å². The Morgan fingerprint density at radius 3 is 2.17 bits per heavy atom. The Labute approximate surface area is 85.4 Å². The van der Waals surface area contributed by atoms with E-state index >= 15 is 0 Å². The van der Waals surface area contributed by atoms with Crippen molar-refractivity contribution in [1.29, 1.82) is 0 Å². The summed E-state index contributed by atoms with van der Waals surface area (Å²) in [5, 5.41) is -0.158. The highest BCUT2D eigenvalue weighted by molar-refractivity contribution is 9.10. The first-order valence-electron chi connectivity index (χ1n) is 3.15. The molecule has 12 heavy (non-hydrogen) atoms. The number of benzene rings is 1. The minimum Gasteiger partial charge on any atom is -0.223 e. The van der Waals surface area contributed by atoms with Crippen LogP contribution >= 0.6 is 28.6 Å². The van der Waals surface area contributed by atoms with Crippen molar-refractivity contribution in [1.82, 2.24) is 0 Å². The Bertz CT molecular complexity index is 355. The maximum Gasteiger partial charge on any atom is 0.187 e. The largest absolute Gasteiger partial charge is 0.223 e. The van der Waals surface area contributed by atoms with E-state index in [1.54, 1.807) is 24.3 Å². The molecule has 0 aliphatic carbocycles. The van der Waals surface area contributed by atoms with E-state index in [4.69, 9.17) is 0 Å². The summed E-state index contributed by atoms with van der Waals surface area (Å²) >= 11 is 6.96. The average Bonchev–Trinajstić information content (AvgIpc) is 2.05. The van der Waals surface area contributed by atoms with Gasteiger partial charge in [-0.1, -0.05) is 15.9 Å². The predicted molar refractivity (Wildman–Crippen MR) is 55.2 cm³/mol. The van der Waals surface area contributed by atoms with Crippen molar-refractivity contribution in [3.8, 4) is 0 Å². The lowest BCUT2D eigenvalue weighted by Crippen LogP contribution is -2.01. The molecule has 1 rings (SSSR count). The van der Waals surface area contributed by atoms with E-state index < -0.39 is 9.84 Å². The zero-order valence-electron chi connectivity index (χ0n) is 6.07. The summed E-state index contributed by atoms with van der Waals surface area (Å²) < 4.78 is 23.3. The van der Waals surface area contributed by atoms with Crippen molar-refractivity contribution >= 4 is 38.4 Å². The van der Waals surface area contributed by atoms with Gasteiger partial charge in [0.25, 0.3) is 0 Å². The molecule has 5 heteroatoms. The Morgan fingerprint density at radius 2 is 1.75 bits per heavy atom. The summed E-state index contributed by atoms with van der Waals surface area (Å²) in [7, 11) is -3.17. The standard InChI is InChI=1S/C7H7BrO2S2/c8-6-1-3-7(4-2-6)12(9,10)5-11/h1-4,11H,5H2. The molecule has 0 spiro atoms. The van der Waals surface area contributed by atoms with Crippen LogP contribution in [0.5, 0.6) is 0 Å². The van der Waals surface area contributed by atoms with Gasteiger partial charge in [0, 0.05) is 4.47 Å². The molecule has 0 aliphatic rings. The van der Waals surface area contributed by atoms with E-state index in [2.05, 4.69) is 28.6 Å². The fraction of sp³-hybridized carbons (Fsp3) is 0.143. The molecular formula is C7H7BrO2S2. The number of hydrogen-bond donors (Lipinski definition) is 1. The molecule has 0 radical (unpaired) electrons. The maximum atomic E-state index is 11.2. The van der Waals surface area contributed by atoms with Crippen molar-refractivity contribution in [2.45, 2.75) is 4.90 Å². The van der Waals surface area contributed by atoms with Crippen LogP contribution in [-0.4, -0.2) is 13.5 Å². The first-order valence-corrected chi connectivity index (χ1v) is 6.23. The minimum atomic E-state index is -3.17. The molecule has 0 saturated heterocycles. The Balaban J connectivity index is 3.14. The molecule has 0 aliphatic heterocycles. The Hall–Kier alpha value is -0.000000000000000111. The van der Waals surface area contributed by atoms with Crippen LogP contribution in [0.2, 0.25) is 0 Å². The van der Waals surface area contributed by atoms with Crippen LogP contribution in [-0.2, 0) is 9.84 Å². The molecule has 0 N–H and O–H groups in total. The molecule has 0 atom stereocenters. The van der Waals surface area contributed by atoms with E-state index in [9.17, 15) is 8.42 Å². The molecule has 0 aromatic heterocycles. The number of sulfone groups is 1. The van der Waals surface area contributed by atoms with E-state index in [-0.39, 0.29) is 5.08 Å². The van der Waals surface area contributed by atoms with Gasteiger partial charge in [-0.3, -0.25) is 0 Å². The van der Waals surface area contributed by atoms with Gasteiger partial charge in [-0.2, -0.15) is 12.6 Å². The molecule has 1 aromatic rings. The van der Waals surface area contributed by atoms with Crippen molar-refractivity contribution in [2.24, 2.45) is 0 Å². The highest BCUT2D eigenvalue weighted by atomic mass is 79.9. The molecule has 0 fully saturated rings. The van der Waals surface area contributed by atoms with Crippen LogP contribution in [0.3, 0.4) is 0 Å². The quantitative estimate of drug-likeness (QED) is 0.833. The van der Waals surface area contributed by atoms with Gasteiger partial charge >= 0.3 is 0 Å². The van der Waals surface area contributed by atoms with Gasteiger partial charge in [-0.15, -0.1) is 0 Å². The summed E-state index contributed by atoms with van der Waals surface area (Å²) in [4.78, 5) is 0.306. The van der Waals surface area contributed by atoms with E-state index in [1.807, 2.05) is 0 Å². The zero-order valence-corrected chi connectivity index (χ0v) is 9.36. The Kier molecular flexibility index (Phi) is 3.20. The molecule has 0 heterocycles. The third-order valence-electron chi connectivity index (χ3n) is 1.34. The molecule has 66 valence electrons. The van der Waals surface area contributed by atoms with E-state index in [0.29, 0.717) is 4.90 Å². The second-order valence-electron chi connectivity index (χ2n) is 2.20. The molecule has 1 aromatic carbocycles. The third-order valence-corrected chi connectivity index (χ3v) is 4.22. The highest BCUT2D eigenvalue weighted by Gasteiger charge is 2.10. The summed E-state index contributed by atoms with van der Waals surface area (Å²) in [6.45, 7) is 0. The van der Waals surface area contributed by atoms with Crippen LogP contribution < -0.4 is 0 Å². The molecular weight excluding hydrogens is 260 g/mol. The second-order valence-corrected chi connectivity index (χ2v) is 5.85. The summed E-state index contributed by atoms with van der Waals surface area (Å²) in [6.07, 6.45) is 0. The first kappa shape index (κ1) is 10.1. The number of hydrogen-bond acceptors (Lipinski definition) is 3. The average molecular weight is 267 g/mol. The SMILES string of the molecule is O=S(=O)(CS)c1ccc(Br)cc1. The molecule has 0 unspecified atom stereocenters. The number of thiol groups is 1. The molecule has 2 nitrogen and oxygen atoms in total. The first-order chi connectivity index (χ1) is 5.56. The fourth-order valence-corrected chi connectivity index (χ4v) is 2.13. The normalized spacial score (nSPS) is 11.5. The summed E-state index contributed by atoms with van der Waals surface area (Å²) in [5.74, 6) is 0. The van der Waals surface area contributed by atoms with Gasteiger partial charge < -0.3 is 0 Å². The van der Waals surface area contributed by atoms with Crippen molar-refractivity contribution in [3.63, 3.8) is 0 Å². The van der Waals surface area contributed by atoms with Crippen molar-refractivity contribution < 1.29 is 8.42 Å². The van der Waals surface area contributed by atoms with E-state index in [0.717, 1.165) is 4.47 Å². The molecule has 0 bridgehead atoms. The second kappa shape index (κ2) is 3.81. The minimum absolute atomic E-state index is 0.158. The van der Waals surface area contributed by atoms with Crippen molar-refractivity contribution in [2.75, 3.05) is 5.08 Å². The van der Waals surface area contributed by atoms with E-state index in [1.165, 1.54) is 0 Å². The third kappa shape index (κ3) is 2.24.